The van der Waals surface area contributed by atoms with Crippen LogP contribution in [0.5, 0.6) is 5.75 Å². The Morgan fingerprint density at radius 3 is 3.12 bits per heavy atom. The Morgan fingerprint density at radius 2 is 2.41 bits per heavy atom. The van der Waals surface area contributed by atoms with Gasteiger partial charge in [-0.2, -0.15) is 0 Å². The number of hydroxylamine groups is 1. The molecule has 0 fully saturated rings. The minimum atomic E-state index is 0.187. The van der Waals surface area contributed by atoms with Gasteiger partial charge in [0.15, 0.2) is 0 Å². The van der Waals surface area contributed by atoms with Gasteiger partial charge in [0.2, 0.25) is 0 Å². The summed E-state index contributed by atoms with van der Waals surface area (Å²) in [4.78, 5) is 10.7. The largest absolute Gasteiger partial charge is 0.494 e. The maximum absolute atomic E-state index is 10.7. The third-order valence-corrected chi connectivity index (χ3v) is 2.99. The molecule has 17 heavy (non-hydrogen) atoms. The van der Waals surface area contributed by atoms with Crippen LogP contribution in [0.25, 0.3) is 6.08 Å². The predicted octanol–water partition coefficient (Wildman–Crippen LogP) is 1.38. The minimum Gasteiger partial charge on any atom is -0.494 e. The zero-order valence-corrected chi connectivity index (χ0v) is 9.10. The second kappa shape index (κ2) is 3.38. The molecule has 0 spiro atoms. The molecule has 1 aromatic rings. The van der Waals surface area contributed by atoms with Crippen LogP contribution >= 0.6 is 0 Å². The number of ether oxygens (including phenoxy) is 1. The van der Waals surface area contributed by atoms with E-state index in [2.05, 4.69) is 5.32 Å². The van der Waals surface area contributed by atoms with Crippen LogP contribution in [0.3, 0.4) is 0 Å². The van der Waals surface area contributed by atoms with Crippen LogP contribution in [0.2, 0.25) is 0 Å². The smallest absolute Gasteiger partial charge is 0.148 e. The first-order chi connectivity index (χ1) is 8.26. The number of benzene rings is 1. The molecular formula is C12H9N2O3. The molecule has 5 nitrogen and oxygen atoms in total. The van der Waals surface area contributed by atoms with E-state index in [9.17, 15) is 10.0 Å². The first-order valence-electron chi connectivity index (χ1n) is 5.10. The van der Waals surface area contributed by atoms with Crippen molar-refractivity contribution in [1.82, 2.24) is 5.32 Å². The molecule has 0 bridgehead atoms. The van der Waals surface area contributed by atoms with Crippen LogP contribution in [0, 0.1) is 0 Å². The van der Waals surface area contributed by atoms with E-state index in [1.165, 1.54) is 7.11 Å². The van der Waals surface area contributed by atoms with Gasteiger partial charge in [-0.05, 0) is 11.6 Å². The third kappa shape index (κ3) is 1.21. The molecule has 2 aliphatic rings. The molecule has 0 saturated carbocycles. The van der Waals surface area contributed by atoms with Gasteiger partial charge in [0.25, 0.3) is 0 Å². The monoisotopic (exact) mass is 229 g/mol. The van der Waals surface area contributed by atoms with Gasteiger partial charge in [-0.15, -0.1) is 0 Å². The first kappa shape index (κ1) is 9.96. The number of anilines is 1. The zero-order valence-electron chi connectivity index (χ0n) is 9.10. The summed E-state index contributed by atoms with van der Waals surface area (Å²) in [6.45, 7) is 0. The Balaban J connectivity index is 2.30. The summed E-state index contributed by atoms with van der Waals surface area (Å²) < 4.78 is 5.21. The highest BCUT2D eigenvalue weighted by molar-refractivity contribution is 5.86. The zero-order chi connectivity index (χ0) is 12.0. The maximum Gasteiger partial charge on any atom is 0.148 e. The van der Waals surface area contributed by atoms with E-state index >= 15 is 0 Å². The lowest BCUT2D eigenvalue weighted by Gasteiger charge is -2.15. The second-order valence-electron chi connectivity index (χ2n) is 3.82. The van der Waals surface area contributed by atoms with Gasteiger partial charge in [0.05, 0.1) is 12.8 Å². The highest BCUT2D eigenvalue weighted by Gasteiger charge is 2.32. The standard InChI is InChI=1S/C12H9N2O3/c1-17-11-5-10-8(2-3-13-10)9-4-7(6-15)14(16)12(9)11/h2-3,5,16H,4H2,1H3. The van der Waals surface area contributed by atoms with E-state index in [-0.39, 0.29) is 5.70 Å². The normalized spacial score (nSPS) is 15.4. The Labute approximate surface area is 97.6 Å². The Hall–Kier alpha value is -2.23. The van der Waals surface area contributed by atoms with E-state index in [0.29, 0.717) is 17.9 Å². The molecule has 1 radical (unpaired) electrons. The molecule has 5 heteroatoms. The van der Waals surface area contributed by atoms with Crippen LogP contribution in [0.4, 0.5) is 11.4 Å². The Bertz CT molecular complexity index is 586. The highest BCUT2D eigenvalue weighted by atomic mass is 16.5. The van der Waals surface area contributed by atoms with Gasteiger partial charge < -0.3 is 4.74 Å². The molecule has 0 saturated heterocycles. The molecule has 0 atom stereocenters. The van der Waals surface area contributed by atoms with E-state index in [1.54, 1.807) is 18.2 Å². The molecular weight excluding hydrogens is 220 g/mol. The van der Waals surface area contributed by atoms with Crippen molar-refractivity contribution in [2.45, 2.75) is 6.42 Å². The molecule has 2 heterocycles. The predicted molar refractivity (Wildman–Crippen MR) is 61.0 cm³/mol. The fraction of sp³-hybridized carbons (Fsp3) is 0.167. The van der Waals surface area contributed by atoms with Crippen molar-refractivity contribution in [1.29, 1.82) is 0 Å². The topological polar surface area (TPSA) is 63.9 Å². The average molecular weight is 229 g/mol. The SMILES string of the molecule is COc1cc2c(c3c1N(O)C(=C=O)C3)C=C[N]2. The molecule has 2 aliphatic heterocycles. The van der Waals surface area contributed by atoms with Crippen LogP contribution < -0.4 is 15.1 Å². The number of nitrogens with zero attached hydrogens (tertiary/aromatic N) is 2. The van der Waals surface area contributed by atoms with Crippen molar-refractivity contribution in [3.63, 3.8) is 0 Å². The maximum atomic E-state index is 10.7. The van der Waals surface area contributed by atoms with E-state index in [1.807, 2.05) is 6.08 Å². The number of methoxy groups -OCH3 is 1. The fourth-order valence-corrected chi connectivity index (χ4v) is 2.21. The van der Waals surface area contributed by atoms with Gasteiger partial charge in [-0.3, -0.25) is 10.5 Å². The summed E-state index contributed by atoms with van der Waals surface area (Å²) in [6, 6.07) is 1.74. The highest BCUT2D eigenvalue weighted by Crippen LogP contribution is 2.46. The van der Waals surface area contributed by atoms with Crippen LogP contribution in [0.15, 0.2) is 18.0 Å². The van der Waals surface area contributed by atoms with E-state index in [4.69, 9.17) is 4.74 Å². The van der Waals surface area contributed by atoms with Crippen LogP contribution in [0.1, 0.15) is 11.1 Å². The van der Waals surface area contributed by atoms with Gasteiger partial charge in [0, 0.05) is 24.3 Å². The molecule has 85 valence electrons. The van der Waals surface area contributed by atoms with Gasteiger partial charge in [-0.25, -0.2) is 9.86 Å². The molecule has 0 unspecified atom stereocenters. The van der Waals surface area contributed by atoms with Gasteiger partial charge >= 0.3 is 0 Å². The lowest BCUT2D eigenvalue weighted by molar-refractivity contribution is 0.283. The van der Waals surface area contributed by atoms with Crippen molar-refractivity contribution >= 4 is 23.4 Å². The van der Waals surface area contributed by atoms with Crippen LogP contribution in [-0.4, -0.2) is 18.3 Å². The lowest BCUT2D eigenvalue weighted by atomic mass is 10.0. The summed E-state index contributed by atoms with van der Waals surface area (Å²) in [5.74, 6) is 2.23. The number of rotatable bonds is 1. The molecule has 0 amide bonds. The van der Waals surface area contributed by atoms with Crippen molar-refractivity contribution in [3.05, 3.63) is 29.1 Å². The van der Waals surface area contributed by atoms with Crippen molar-refractivity contribution < 1.29 is 14.7 Å². The summed E-state index contributed by atoms with van der Waals surface area (Å²) in [5, 5.41) is 14.9. The first-order valence-corrected chi connectivity index (χ1v) is 5.10. The van der Waals surface area contributed by atoms with Crippen molar-refractivity contribution in [2.24, 2.45) is 0 Å². The molecule has 1 N–H and O–H groups in total. The van der Waals surface area contributed by atoms with E-state index in [0.717, 1.165) is 21.9 Å². The minimum absolute atomic E-state index is 0.187. The lowest BCUT2D eigenvalue weighted by Crippen LogP contribution is -2.13. The molecule has 0 aromatic heterocycles. The Morgan fingerprint density at radius 1 is 1.59 bits per heavy atom. The quantitative estimate of drug-likeness (QED) is 0.739. The molecule has 0 aliphatic carbocycles. The van der Waals surface area contributed by atoms with Crippen LogP contribution in [-0.2, 0) is 11.2 Å². The summed E-state index contributed by atoms with van der Waals surface area (Å²) in [7, 11) is 1.51. The third-order valence-electron chi connectivity index (χ3n) is 2.99. The number of carbonyl (C=O) groups excluding carboxylic acids is 1. The van der Waals surface area contributed by atoms with Crippen molar-refractivity contribution in [3.8, 4) is 5.75 Å². The number of allylic oxidation sites excluding steroid dienone is 1. The number of fused-ring (bicyclic) bond motifs is 3. The van der Waals surface area contributed by atoms with Gasteiger partial charge in [0.1, 0.15) is 23.1 Å². The summed E-state index contributed by atoms with van der Waals surface area (Å²) in [5.41, 5.74) is 3.25. The number of hydrogen-bond acceptors (Lipinski definition) is 4. The van der Waals surface area contributed by atoms with Crippen molar-refractivity contribution in [2.75, 3.05) is 12.2 Å². The summed E-state index contributed by atoms with van der Waals surface area (Å²) in [6.07, 6.45) is 3.89. The average Bonchev–Trinajstić information content (AvgIpc) is 2.92. The van der Waals surface area contributed by atoms with Gasteiger partial charge in [-0.1, -0.05) is 0 Å². The molecule has 1 aromatic carbocycles. The van der Waals surface area contributed by atoms with E-state index < -0.39 is 0 Å². The Kier molecular flexibility index (Phi) is 1.98. The molecule has 3 rings (SSSR count). The fourth-order valence-electron chi connectivity index (χ4n) is 2.21. The summed E-state index contributed by atoms with van der Waals surface area (Å²) >= 11 is 0. The number of hydrogen-bond donors (Lipinski definition) is 1. The second-order valence-corrected chi connectivity index (χ2v) is 3.82.